The van der Waals surface area contributed by atoms with E-state index in [-0.39, 0.29) is 23.7 Å². The standard InChI is InChI=1S/C18H17FN6O5/c19-11-10(7-26)30-16(13(11)27)25-14-12(15(28)23-17(21)22-14)24(18(25)29)6-9-3-1-8(5-20)2-4-9/h1-4,10-11,13,16,26-27H,6-7H2,(H3,21,22,23,28)/t10-,11-,13-,16-/m1/s1. The zero-order valence-corrected chi connectivity index (χ0v) is 15.4. The molecule has 1 aromatic carbocycles. The Labute approximate surface area is 167 Å². The van der Waals surface area contributed by atoms with Gasteiger partial charge in [0, 0.05) is 0 Å². The van der Waals surface area contributed by atoms with Crippen molar-refractivity contribution in [3.8, 4) is 6.07 Å². The van der Waals surface area contributed by atoms with Crippen LogP contribution in [0.5, 0.6) is 0 Å². The first-order valence-electron chi connectivity index (χ1n) is 8.93. The van der Waals surface area contributed by atoms with Crippen LogP contribution in [0, 0.1) is 11.3 Å². The third-order valence-electron chi connectivity index (χ3n) is 4.98. The van der Waals surface area contributed by atoms with Crippen molar-refractivity contribution in [2.24, 2.45) is 0 Å². The number of nitrogens with one attached hydrogen (secondary N) is 1. The highest BCUT2D eigenvalue weighted by atomic mass is 19.1. The first-order chi connectivity index (χ1) is 14.3. The lowest BCUT2D eigenvalue weighted by Gasteiger charge is -2.15. The molecule has 0 saturated carbocycles. The summed E-state index contributed by atoms with van der Waals surface area (Å²) in [6.45, 7) is -0.766. The normalized spacial score (nSPS) is 23.7. The smallest absolute Gasteiger partial charge is 0.333 e. The number of imidazole rings is 1. The summed E-state index contributed by atoms with van der Waals surface area (Å²) in [6.07, 6.45) is -6.56. The molecule has 1 fully saturated rings. The lowest BCUT2D eigenvalue weighted by molar-refractivity contribution is -0.0513. The van der Waals surface area contributed by atoms with Crippen LogP contribution >= 0.6 is 0 Å². The minimum absolute atomic E-state index is 0.0615. The Morgan fingerprint density at radius 1 is 1.33 bits per heavy atom. The van der Waals surface area contributed by atoms with Crippen LogP contribution in [0.15, 0.2) is 33.9 Å². The van der Waals surface area contributed by atoms with Gasteiger partial charge in [0.15, 0.2) is 23.6 Å². The number of nitrogens with two attached hydrogens (primary N) is 1. The van der Waals surface area contributed by atoms with Crippen LogP contribution in [-0.4, -0.2) is 54.3 Å². The van der Waals surface area contributed by atoms with E-state index in [0.717, 1.165) is 9.13 Å². The molecule has 1 aliphatic heterocycles. The van der Waals surface area contributed by atoms with Crippen LogP contribution in [0.3, 0.4) is 0 Å². The number of aromatic nitrogens is 4. The molecule has 2 aromatic heterocycles. The topological polar surface area (TPSA) is 172 Å². The number of hydrogen-bond acceptors (Lipinski definition) is 8. The molecule has 0 amide bonds. The number of nitrogen functional groups attached to an aromatic ring is 1. The van der Waals surface area contributed by atoms with E-state index in [0.29, 0.717) is 11.1 Å². The number of nitriles is 1. The van der Waals surface area contributed by atoms with Gasteiger partial charge in [-0.1, -0.05) is 12.1 Å². The fourth-order valence-corrected chi connectivity index (χ4v) is 3.51. The van der Waals surface area contributed by atoms with Crippen molar-refractivity contribution in [2.45, 2.75) is 31.2 Å². The SMILES string of the molecule is N#Cc1ccc(Cn2c(=O)n([C@@H]3O[C@H](CO)[C@@H](F)[C@H]3O)c3nc(N)[nH]c(=O)c32)cc1. The highest BCUT2D eigenvalue weighted by molar-refractivity contribution is 5.72. The molecule has 30 heavy (non-hydrogen) atoms. The second-order valence-electron chi connectivity index (χ2n) is 6.85. The number of H-pyrrole nitrogens is 1. The third kappa shape index (κ3) is 3.05. The fourth-order valence-electron chi connectivity index (χ4n) is 3.51. The average molecular weight is 416 g/mol. The minimum Gasteiger partial charge on any atom is -0.394 e. The zero-order chi connectivity index (χ0) is 21.6. The van der Waals surface area contributed by atoms with Crippen LogP contribution in [0.4, 0.5) is 10.3 Å². The molecule has 0 spiro atoms. The zero-order valence-electron chi connectivity index (χ0n) is 15.4. The molecular formula is C18H17FN6O5. The Morgan fingerprint density at radius 2 is 2.03 bits per heavy atom. The van der Waals surface area contributed by atoms with E-state index in [1.54, 1.807) is 24.3 Å². The number of hydrogen-bond donors (Lipinski definition) is 4. The average Bonchev–Trinajstić information content (AvgIpc) is 3.16. The van der Waals surface area contributed by atoms with Crippen molar-refractivity contribution in [1.29, 1.82) is 5.26 Å². The van der Waals surface area contributed by atoms with Crippen LogP contribution in [-0.2, 0) is 11.3 Å². The van der Waals surface area contributed by atoms with Gasteiger partial charge in [0.05, 0.1) is 24.8 Å². The summed E-state index contributed by atoms with van der Waals surface area (Å²) in [7, 11) is 0. The lowest BCUT2D eigenvalue weighted by Crippen LogP contribution is -2.34. The van der Waals surface area contributed by atoms with Gasteiger partial charge < -0.3 is 20.7 Å². The maximum atomic E-state index is 14.2. The predicted molar refractivity (Wildman–Crippen MR) is 101 cm³/mol. The molecule has 4 atom stereocenters. The van der Waals surface area contributed by atoms with Crippen LogP contribution < -0.4 is 17.0 Å². The van der Waals surface area contributed by atoms with Gasteiger partial charge in [-0.2, -0.15) is 10.2 Å². The second kappa shape index (κ2) is 7.38. The molecule has 3 aromatic rings. The van der Waals surface area contributed by atoms with Crippen molar-refractivity contribution in [3.05, 3.63) is 56.2 Å². The molecule has 1 saturated heterocycles. The highest BCUT2D eigenvalue weighted by Gasteiger charge is 2.46. The molecule has 5 N–H and O–H groups in total. The summed E-state index contributed by atoms with van der Waals surface area (Å²) < 4.78 is 21.5. The van der Waals surface area contributed by atoms with E-state index < -0.39 is 42.5 Å². The number of anilines is 1. The van der Waals surface area contributed by atoms with E-state index in [1.807, 2.05) is 6.07 Å². The monoisotopic (exact) mass is 416 g/mol. The van der Waals surface area contributed by atoms with E-state index in [2.05, 4.69) is 9.97 Å². The molecule has 156 valence electrons. The molecule has 3 heterocycles. The number of nitrogens with zero attached hydrogens (tertiary/aromatic N) is 4. The van der Waals surface area contributed by atoms with Gasteiger partial charge in [-0.15, -0.1) is 0 Å². The quantitative estimate of drug-likeness (QED) is 0.418. The number of rotatable bonds is 4. The maximum Gasteiger partial charge on any atom is 0.333 e. The van der Waals surface area contributed by atoms with Crippen molar-refractivity contribution < 1.29 is 19.3 Å². The van der Waals surface area contributed by atoms with Crippen molar-refractivity contribution in [2.75, 3.05) is 12.3 Å². The number of halogens is 1. The molecule has 0 aliphatic carbocycles. The van der Waals surface area contributed by atoms with Crippen molar-refractivity contribution in [1.82, 2.24) is 19.1 Å². The van der Waals surface area contributed by atoms with E-state index >= 15 is 0 Å². The maximum absolute atomic E-state index is 14.2. The van der Waals surface area contributed by atoms with E-state index in [9.17, 15) is 24.2 Å². The van der Waals surface area contributed by atoms with Crippen molar-refractivity contribution >= 4 is 17.1 Å². The number of alkyl halides is 1. The van der Waals surface area contributed by atoms with Crippen molar-refractivity contribution in [3.63, 3.8) is 0 Å². The van der Waals surface area contributed by atoms with Gasteiger partial charge in [0.2, 0.25) is 5.95 Å². The summed E-state index contributed by atoms with van der Waals surface area (Å²) in [5, 5.41) is 28.4. The molecule has 11 nitrogen and oxygen atoms in total. The number of ether oxygens (including phenoxy) is 1. The summed E-state index contributed by atoms with van der Waals surface area (Å²) in [5.41, 5.74) is 4.82. The second-order valence-corrected chi connectivity index (χ2v) is 6.85. The van der Waals surface area contributed by atoms with Gasteiger partial charge in [0.1, 0.15) is 12.2 Å². The molecule has 1 aliphatic rings. The summed E-state index contributed by atoms with van der Waals surface area (Å²) in [4.78, 5) is 32.0. The van der Waals surface area contributed by atoms with Gasteiger partial charge in [-0.25, -0.2) is 13.8 Å². The highest BCUT2D eigenvalue weighted by Crippen LogP contribution is 2.32. The van der Waals surface area contributed by atoms with Crippen LogP contribution in [0.1, 0.15) is 17.4 Å². The number of benzene rings is 1. The molecule has 4 rings (SSSR count). The van der Waals surface area contributed by atoms with Gasteiger partial charge in [0.25, 0.3) is 5.56 Å². The Balaban J connectivity index is 1.90. The Kier molecular flexibility index (Phi) is 4.86. The predicted octanol–water partition coefficient (Wildman–Crippen LogP) is -1.02. The Bertz CT molecular complexity index is 1260. The minimum atomic E-state index is -1.94. The molecule has 0 radical (unpaired) electrons. The molecule has 12 heteroatoms. The molecule has 0 bridgehead atoms. The molecular weight excluding hydrogens is 399 g/mol. The van der Waals surface area contributed by atoms with E-state index in [1.165, 1.54) is 0 Å². The van der Waals surface area contributed by atoms with Gasteiger partial charge >= 0.3 is 5.69 Å². The first-order valence-corrected chi connectivity index (χ1v) is 8.93. The van der Waals surface area contributed by atoms with Crippen LogP contribution in [0.2, 0.25) is 0 Å². The summed E-state index contributed by atoms with van der Waals surface area (Å²) in [5.74, 6) is -0.278. The summed E-state index contributed by atoms with van der Waals surface area (Å²) >= 11 is 0. The van der Waals surface area contributed by atoms with E-state index in [4.69, 9.17) is 15.7 Å². The largest absolute Gasteiger partial charge is 0.394 e. The van der Waals surface area contributed by atoms with Crippen LogP contribution in [0.25, 0.3) is 11.2 Å². The fraction of sp³-hybridized carbons (Fsp3) is 0.333. The third-order valence-corrected chi connectivity index (χ3v) is 4.98. The lowest BCUT2D eigenvalue weighted by atomic mass is 10.1. The number of aliphatic hydroxyl groups is 2. The van der Waals surface area contributed by atoms with Gasteiger partial charge in [-0.3, -0.25) is 14.3 Å². The number of aromatic amines is 1. The number of fused-ring (bicyclic) bond motifs is 1. The first kappa shape index (κ1) is 19.8. The molecule has 0 unspecified atom stereocenters. The summed E-state index contributed by atoms with van der Waals surface area (Å²) in [6, 6.07) is 8.34. The van der Waals surface area contributed by atoms with Gasteiger partial charge in [-0.05, 0) is 17.7 Å². The Hall–Kier alpha value is -3.53. The Morgan fingerprint density at radius 3 is 2.63 bits per heavy atom. The number of aliphatic hydroxyl groups excluding tert-OH is 2.